The lowest BCUT2D eigenvalue weighted by Crippen LogP contribution is -2.46. The number of benzene rings is 2. The number of hydrogen-bond acceptors (Lipinski definition) is 7. The molecule has 0 fully saturated rings. The fourth-order valence-electron chi connectivity index (χ4n) is 3.67. The highest BCUT2D eigenvalue weighted by molar-refractivity contribution is 5.93. The van der Waals surface area contributed by atoms with E-state index in [2.05, 4.69) is 33.4 Å². The van der Waals surface area contributed by atoms with Crippen LogP contribution in [0.3, 0.4) is 0 Å². The summed E-state index contributed by atoms with van der Waals surface area (Å²) in [6.07, 6.45) is 6.23. The largest absolute Gasteiger partial charge is 0.497 e. The van der Waals surface area contributed by atoms with Gasteiger partial charge in [-0.3, -0.25) is 15.2 Å². The normalized spacial score (nSPS) is 11.6. The summed E-state index contributed by atoms with van der Waals surface area (Å²) < 4.78 is 15.8. The molecule has 3 rings (SSSR count). The van der Waals surface area contributed by atoms with Crippen molar-refractivity contribution in [2.24, 2.45) is 0 Å². The molecule has 10 heteroatoms. The first-order valence-electron chi connectivity index (χ1n) is 11.9. The number of hydrazine groups is 1. The summed E-state index contributed by atoms with van der Waals surface area (Å²) in [6, 6.07) is 12.7. The first kappa shape index (κ1) is 27.1. The average molecular weight is 508 g/mol. The van der Waals surface area contributed by atoms with E-state index in [0.29, 0.717) is 18.0 Å². The van der Waals surface area contributed by atoms with Gasteiger partial charge >= 0.3 is 6.03 Å². The van der Waals surface area contributed by atoms with E-state index in [9.17, 15) is 9.59 Å². The highest BCUT2D eigenvalue weighted by Gasteiger charge is 2.10. The molecule has 0 radical (unpaired) electrons. The van der Waals surface area contributed by atoms with Crippen LogP contribution in [0, 0.1) is 0 Å². The molecule has 196 valence electrons. The summed E-state index contributed by atoms with van der Waals surface area (Å²) in [7, 11) is 4.73. The van der Waals surface area contributed by atoms with Crippen LogP contribution in [0.2, 0.25) is 0 Å². The van der Waals surface area contributed by atoms with Crippen LogP contribution < -0.4 is 35.7 Å². The van der Waals surface area contributed by atoms with E-state index in [4.69, 9.17) is 14.2 Å². The number of aromatic nitrogens is 1. The zero-order valence-corrected chi connectivity index (χ0v) is 21.5. The number of ether oxygens (including phenoxy) is 3. The summed E-state index contributed by atoms with van der Waals surface area (Å²) in [5, 5.41) is 7.20. The number of pyridine rings is 1. The molecule has 3 aromatic rings. The maximum Gasteiger partial charge on any atom is 0.333 e. The van der Waals surface area contributed by atoms with Crippen LogP contribution in [0.1, 0.15) is 25.3 Å². The lowest BCUT2D eigenvalue weighted by atomic mass is 10.1. The molecule has 0 aliphatic heterocycles. The highest BCUT2D eigenvalue weighted by Crippen LogP contribution is 2.29. The van der Waals surface area contributed by atoms with Crippen molar-refractivity contribution in [2.75, 3.05) is 33.2 Å². The van der Waals surface area contributed by atoms with Crippen molar-refractivity contribution >= 4 is 34.6 Å². The second-order valence-corrected chi connectivity index (χ2v) is 8.26. The third-order valence-corrected chi connectivity index (χ3v) is 5.55. The SMILES string of the molecule is COc1cc(NC(C)CCCNC(=O)NNC(=O)/C=C/c2ccc(OC)c(OC)c2)c2ncccc2c1. The molecule has 0 spiro atoms. The number of rotatable bonds is 11. The molecule has 2 aromatic carbocycles. The average Bonchev–Trinajstić information content (AvgIpc) is 2.92. The molecular formula is C27H33N5O5. The molecule has 0 aliphatic rings. The van der Waals surface area contributed by atoms with Crippen molar-refractivity contribution in [1.29, 1.82) is 0 Å². The van der Waals surface area contributed by atoms with Gasteiger partial charge < -0.3 is 24.8 Å². The second kappa shape index (κ2) is 13.6. The topological polar surface area (TPSA) is 123 Å². The Kier molecular flexibility index (Phi) is 9.95. The lowest BCUT2D eigenvalue weighted by molar-refractivity contribution is -0.117. The summed E-state index contributed by atoms with van der Waals surface area (Å²) in [5.74, 6) is 1.44. The molecule has 1 aromatic heterocycles. The molecule has 37 heavy (non-hydrogen) atoms. The van der Waals surface area contributed by atoms with Crippen LogP contribution in [0.25, 0.3) is 17.0 Å². The van der Waals surface area contributed by atoms with Gasteiger partial charge in [-0.05, 0) is 55.7 Å². The Balaban J connectivity index is 1.38. The fraction of sp³-hybridized carbons (Fsp3) is 0.296. The van der Waals surface area contributed by atoms with E-state index in [1.807, 2.05) is 24.3 Å². The van der Waals surface area contributed by atoms with Gasteiger partial charge in [0.2, 0.25) is 0 Å². The number of carbonyl (C=O) groups is 2. The monoisotopic (exact) mass is 507 g/mol. The predicted octanol–water partition coefficient (Wildman–Crippen LogP) is 3.89. The molecule has 3 amide bonds. The zero-order chi connectivity index (χ0) is 26.6. The zero-order valence-electron chi connectivity index (χ0n) is 21.5. The van der Waals surface area contributed by atoms with Gasteiger partial charge in [0.15, 0.2) is 11.5 Å². The maximum atomic E-state index is 12.0. The summed E-state index contributed by atoms with van der Waals surface area (Å²) in [6.45, 7) is 2.52. The van der Waals surface area contributed by atoms with Gasteiger partial charge in [0.05, 0.1) is 32.5 Å². The number of nitrogens with zero attached hydrogens (tertiary/aromatic N) is 1. The molecule has 4 N–H and O–H groups in total. The van der Waals surface area contributed by atoms with Gasteiger partial charge in [0.25, 0.3) is 5.91 Å². The first-order chi connectivity index (χ1) is 17.9. The van der Waals surface area contributed by atoms with E-state index >= 15 is 0 Å². The van der Waals surface area contributed by atoms with Gasteiger partial charge in [-0.2, -0.15) is 0 Å². The van der Waals surface area contributed by atoms with Crippen LogP contribution >= 0.6 is 0 Å². The number of methoxy groups -OCH3 is 3. The number of fused-ring (bicyclic) bond motifs is 1. The summed E-state index contributed by atoms with van der Waals surface area (Å²) in [4.78, 5) is 28.5. The Bertz CT molecular complexity index is 1250. The molecular weight excluding hydrogens is 474 g/mol. The van der Waals surface area contributed by atoms with Crippen LogP contribution in [0.5, 0.6) is 17.2 Å². The quantitative estimate of drug-likeness (QED) is 0.176. The number of amides is 3. The molecule has 0 aliphatic carbocycles. The molecule has 0 saturated heterocycles. The molecule has 1 unspecified atom stereocenters. The Morgan fingerprint density at radius 2 is 1.81 bits per heavy atom. The van der Waals surface area contributed by atoms with Gasteiger partial charge in [-0.25, -0.2) is 10.2 Å². The van der Waals surface area contributed by atoms with Crippen LogP contribution in [-0.2, 0) is 4.79 Å². The number of urea groups is 1. The lowest BCUT2D eigenvalue weighted by Gasteiger charge is -2.17. The Morgan fingerprint density at radius 1 is 1.00 bits per heavy atom. The maximum absolute atomic E-state index is 12.0. The van der Waals surface area contributed by atoms with E-state index in [1.165, 1.54) is 13.2 Å². The second-order valence-electron chi connectivity index (χ2n) is 8.26. The Labute approximate surface area is 216 Å². The minimum Gasteiger partial charge on any atom is -0.497 e. The standard InChI is InChI=1S/C27H33N5O5/c1-18(30-22-17-21(35-2)16-20-8-6-13-28-26(20)22)7-5-14-29-27(34)32-31-25(33)12-10-19-9-11-23(36-3)24(15-19)37-4/h6,8-13,15-18,30H,5,7,14H2,1-4H3,(H,31,33)(H2,29,32,34)/b12-10+. The number of nitrogens with one attached hydrogen (secondary N) is 4. The minimum absolute atomic E-state index is 0.142. The number of anilines is 1. The molecule has 0 bridgehead atoms. The van der Waals surface area contributed by atoms with Crippen molar-refractivity contribution in [3.8, 4) is 17.2 Å². The Hall–Kier alpha value is -4.47. The minimum atomic E-state index is -0.489. The van der Waals surface area contributed by atoms with E-state index < -0.39 is 11.9 Å². The van der Waals surface area contributed by atoms with Gasteiger partial charge in [0, 0.05) is 36.3 Å². The van der Waals surface area contributed by atoms with Gasteiger partial charge in [-0.15, -0.1) is 0 Å². The van der Waals surface area contributed by atoms with Crippen molar-refractivity contribution in [3.05, 3.63) is 60.3 Å². The van der Waals surface area contributed by atoms with E-state index in [0.717, 1.165) is 40.7 Å². The first-order valence-corrected chi connectivity index (χ1v) is 11.9. The van der Waals surface area contributed by atoms with Crippen LogP contribution in [-0.4, -0.2) is 50.8 Å². The number of hydrogen-bond donors (Lipinski definition) is 4. The van der Waals surface area contributed by atoms with Crippen molar-refractivity contribution in [3.63, 3.8) is 0 Å². The van der Waals surface area contributed by atoms with Crippen LogP contribution in [0.4, 0.5) is 10.5 Å². The van der Waals surface area contributed by atoms with Crippen LogP contribution in [0.15, 0.2) is 54.7 Å². The van der Waals surface area contributed by atoms with Gasteiger partial charge in [0.1, 0.15) is 5.75 Å². The summed E-state index contributed by atoms with van der Waals surface area (Å²) >= 11 is 0. The molecule has 0 saturated carbocycles. The number of carbonyl (C=O) groups excluding carboxylic acids is 2. The van der Waals surface area contributed by atoms with E-state index in [1.54, 1.807) is 44.7 Å². The molecule has 10 nitrogen and oxygen atoms in total. The van der Waals surface area contributed by atoms with Crippen molar-refractivity contribution in [1.82, 2.24) is 21.2 Å². The molecule has 1 heterocycles. The van der Waals surface area contributed by atoms with Gasteiger partial charge in [-0.1, -0.05) is 12.1 Å². The van der Waals surface area contributed by atoms with E-state index in [-0.39, 0.29) is 6.04 Å². The summed E-state index contributed by atoms with van der Waals surface area (Å²) in [5.41, 5.74) is 7.20. The smallest absolute Gasteiger partial charge is 0.333 e. The fourth-order valence-corrected chi connectivity index (χ4v) is 3.67. The highest BCUT2D eigenvalue weighted by atomic mass is 16.5. The molecule has 1 atom stereocenters. The third kappa shape index (κ3) is 8.03. The Morgan fingerprint density at radius 3 is 2.57 bits per heavy atom. The van der Waals surface area contributed by atoms with Crippen molar-refractivity contribution in [2.45, 2.75) is 25.8 Å². The predicted molar refractivity (Wildman–Crippen MR) is 144 cm³/mol. The van der Waals surface area contributed by atoms with Crippen molar-refractivity contribution < 1.29 is 23.8 Å². The third-order valence-electron chi connectivity index (χ3n) is 5.55.